The highest BCUT2D eigenvalue weighted by Gasteiger charge is 2.57. The molecule has 0 bridgehead atoms. The van der Waals surface area contributed by atoms with Gasteiger partial charge in [0.15, 0.2) is 27.1 Å². The predicted octanol–water partition coefficient (Wildman–Crippen LogP) is 3.45. The lowest BCUT2D eigenvalue weighted by Gasteiger charge is -2.15. The molecule has 4 heterocycles. The summed E-state index contributed by atoms with van der Waals surface area (Å²) >= 11 is 0. The number of rotatable bonds is 9. The molecular formula is C26H25F3N8O4S. The van der Waals surface area contributed by atoms with Crippen molar-refractivity contribution >= 4 is 26.8 Å². The van der Waals surface area contributed by atoms with E-state index < -0.39 is 33.5 Å². The van der Waals surface area contributed by atoms with Gasteiger partial charge in [-0.25, -0.2) is 33.3 Å². The third kappa shape index (κ3) is 5.14. The molecule has 0 saturated heterocycles. The molecule has 1 N–H and O–H groups in total. The van der Waals surface area contributed by atoms with Crippen molar-refractivity contribution in [3.8, 4) is 17.3 Å². The smallest absolute Gasteiger partial charge is 0.393 e. The van der Waals surface area contributed by atoms with Gasteiger partial charge in [-0.2, -0.15) is 13.2 Å². The summed E-state index contributed by atoms with van der Waals surface area (Å²) in [7, 11) is -2.01. The quantitative estimate of drug-likeness (QED) is 0.299. The standard InChI is InChI=1S/C26H25F3N8O4S/c1-3-42(39,40)15-7-6-14(30-10-15)9-31-22-25(38)37(18-8-16(18)26(27,28)29)23-17(35-22)11-32-21(36-23)19-20(13-4-5-13)33-12-34-24(19)41-2/h6-7,10-13,16,18H,3-5,8-9H2,1-2H3,(H,31,35)/t16?,18-/m0/s1. The van der Waals surface area contributed by atoms with Crippen LogP contribution in [0.15, 0.2) is 40.5 Å². The number of alkyl halides is 3. The number of hydrogen-bond donors (Lipinski definition) is 1. The van der Waals surface area contributed by atoms with Crippen LogP contribution in [0.3, 0.4) is 0 Å². The van der Waals surface area contributed by atoms with Crippen LogP contribution in [0.2, 0.25) is 0 Å². The molecule has 4 aromatic rings. The van der Waals surface area contributed by atoms with E-state index in [2.05, 4.69) is 35.2 Å². The molecule has 2 atom stereocenters. The Labute approximate surface area is 237 Å². The van der Waals surface area contributed by atoms with Gasteiger partial charge in [0, 0.05) is 12.1 Å². The molecule has 0 aromatic carbocycles. The van der Waals surface area contributed by atoms with E-state index in [-0.39, 0.29) is 58.2 Å². The molecular weight excluding hydrogens is 577 g/mol. The van der Waals surface area contributed by atoms with Gasteiger partial charge >= 0.3 is 6.18 Å². The second-order valence-corrected chi connectivity index (χ2v) is 12.4. The Hall–Kier alpha value is -4.21. The first-order valence-electron chi connectivity index (χ1n) is 13.2. The molecule has 16 heteroatoms. The first kappa shape index (κ1) is 27.9. The summed E-state index contributed by atoms with van der Waals surface area (Å²) in [5.41, 5.74) is 0.766. The molecule has 220 valence electrons. The zero-order chi connectivity index (χ0) is 29.8. The van der Waals surface area contributed by atoms with Gasteiger partial charge in [-0.15, -0.1) is 0 Å². The van der Waals surface area contributed by atoms with E-state index >= 15 is 0 Å². The lowest BCUT2D eigenvalue weighted by atomic mass is 10.1. The molecule has 0 aliphatic heterocycles. The molecule has 0 amide bonds. The summed E-state index contributed by atoms with van der Waals surface area (Å²) in [6.45, 7) is 1.49. The van der Waals surface area contributed by atoms with Crippen LogP contribution in [0.5, 0.6) is 5.88 Å². The van der Waals surface area contributed by atoms with Crippen molar-refractivity contribution in [1.82, 2.24) is 34.5 Å². The van der Waals surface area contributed by atoms with Crippen molar-refractivity contribution in [2.24, 2.45) is 5.92 Å². The van der Waals surface area contributed by atoms with E-state index in [4.69, 9.17) is 4.74 Å². The fraction of sp³-hybridized carbons (Fsp3) is 0.423. The maximum Gasteiger partial charge on any atom is 0.393 e. The summed E-state index contributed by atoms with van der Waals surface area (Å²) < 4.78 is 71.5. The van der Waals surface area contributed by atoms with Crippen LogP contribution in [-0.4, -0.2) is 61.9 Å². The number of aromatic nitrogens is 7. The van der Waals surface area contributed by atoms with Crippen molar-refractivity contribution in [3.05, 3.63) is 52.6 Å². The van der Waals surface area contributed by atoms with E-state index in [1.165, 1.54) is 44.9 Å². The van der Waals surface area contributed by atoms with Crippen LogP contribution in [-0.2, 0) is 16.4 Å². The fourth-order valence-electron chi connectivity index (χ4n) is 4.82. The molecule has 2 aliphatic carbocycles. The van der Waals surface area contributed by atoms with Crippen molar-refractivity contribution in [1.29, 1.82) is 0 Å². The topological polar surface area (TPSA) is 155 Å². The van der Waals surface area contributed by atoms with Crippen LogP contribution >= 0.6 is 0 Å². The minimum atomic E-state index is -4.50. The third-order valence-electron chi connectivity index (χ3n) is 7.34. The Bertz CT molecular complexity index is 1840. The molecule has 1 unspecified atom stereocenters. The van der Waals surface area contributed by atoms with Crippen LogP contribution < -0.4 is 15.6 Å². The fourth-order valence-corrected chi connectivity index (χ4v) is 5.64. The van der Waals surface area contributed by atoms with Crippen molar-refractivity contribution in [2.75, 3.05) is 18.2 Å². The van der Waals surface area contributed by atoms with Gasteiger partial charge in [0.2, 0.25) is 5.88 Å². The molecule has 42 heavy (non-hydrogen) atoms. The number of pyridine rings is 1. The van der Waals surface area contributed by atoms with Crippen molar-refractivity contribution < 1.29 is 26.3 Å². The number of halogens is 3. The third-order valence-corrected chi connectivity index (χ3v) is 9.06. The van der Waals surface area contributed by atoms with Crippen LogP contribution in [0.25, 0.3) is 22.6 Å². The average Bonchev–Trinajstić information content (AvgIpc) is 3.90. The van der Waals surface area contributed by atoms with Crippen molar-refractivity contribution in [2.45, 2.75) is 55.8 Å². The van der Waals surface area contributed by atoms with Gasteiger partial charge in [-0.1, -0.05) is 6.92 Å². The minimum absolute atomic E-state index is 0.0319. The number of anilines is 1. The molecule has 2 fully saturated rings. The molecule has 0 spiro atoms. The first-order valence-corrected chi connectivity index (χ1v) is 14.8. The summed E-state index contributed by atoms with van der Waals surface area (Å²) in [6, 6.07) is 1.72. The van der Waals surface area contributed by atoms with Gasteiger partial charge in [0.1, 0.15) is 17.4 Å². The number of methoxy groups -OCH3 is 1. The van der Waals surface area contributed by atoms with Crippen LogP contribution in [0.1, 0.15) is 49.5 Å². The van der Waals surface area contributed by atoms with Gasteiger partial charge < -0.3 is 10.1 Å². The normalized spacial score (nSPS) is 18.7. The van der Waals surface area contributed by atoms with Gasteiger partial charge in [0.25, 0.3) is 5.56 Å². The zero-order valence-electron chi connectivity index (χ0n) is 22.5. The van der Waals surface area contributed by atoms with Crippen molar-refractivity contribution in [3.63, 3.8) is 0 Å². The summed E-state index contributed by atoms with van der Waals surface area (Å²) in [4.78, 5) is 39.6. The maximum atomic E-state index is 13.6. The Morgan fingerprint density at radius 1 is 1.10 bits per heavy atom. The molecule has 2 saturated carbocycles. The zero-order valence-corrected chi connectivity index (χ0v) is 23.3. The largest absolute Gasteiger partial charge is 0.480 e. The molecule has 2 aliphatic rings. The Morgan fingerprint density at radius 2 is 1.88 bits per heavy atom. The lowest BCUT2D eigenvalue weighted by Crippen LogP contribution is -2.27. The van der Waals surface area contributed by atoms with E-state index in [9.17, 15) is 26.4 Å². The molecule has 0 radical (unpaired) electrons. The summed E-state index contributed by atoms with van der Waals surface area (Å²) in [5, 5.41) is 2.83. The van der Waals surface area contributed by atoms with Gasteiger partial charge in [0.05, 0.1) is 53.8 Å². The minimum Gasteiger partial charge on any atom is -0.480 e. The molecule has 12 nitrogen and oxygen atoms in total. The lowest BCUT2D eigenvalue weighted by molar-refractivity contribution is -0.150. The second kappa shape index (κ2) is 10.3. The Kier molecular flexibility index (Phi) is 6.82. The number of sulfone groups is 1. The summed E-state index contributed by atoms with van der Waals surface area (Å²) in [5.74, 6) is -1.51. The monoisotopic (exact) mass is 602 g/mol. The van der Waals surface area contributed by atoms with Gasteiger partial charge in [-0.05, 0) is 31.4 Å². The number of ether oxygens (including phenoxy) is 1. The van der Waals surface area contributed by atoms with E-state index in [0.29, 0.717) is 17.0 Å². The highest BCUT2D eigenvalue weighted by Crippen LogP contribution is 2.53. The van der Waals surface area contributed by atoms with E-state index in [0.717, 1.165) is 17.4 Å². The van der Waals surface area contributed by atoms with Crippen LogP contribution in [0, 0.1) is 5.92 Å². The number of nitrogens with one attached hydrogen (secondary N) is 1. The number of hydrogen-bond acceptors (Lipinski definition) is 11. The Morgan fingerprint density at radius 3 is 2.50 bits per heavy atom. The summed E-state index contributed by atoms with van der Waals surface area (Å²) in [6.07, 6.45) is 0.968. The molecule has 4 aromatic heterocycles. The highest BCUT2D eigenvalue weighted by molar-refractivity contribution is 7.91. The molecule has 6 rings (SSSR count). The number of nitrogens with zero attached hydrogens (tertiary/aromatic N) is 7. The number of fused-ring (bicyclic) bond motifs is 1. The first-order chi connectivity index (χ1) is 20.0. The van der Waals surface area contributed by atoms with E-state index in [1.54, 1.807) is 0 Å². The van der Waals surface area contributed by atoms with E-state index in [1.807, 2.05) is 0 Å². The average molecular weight is 603 g/mol. The predicted molar refractivity (Wildman–Crippen MR) is 144 cm³/mol. The second-order valence-electron chi connectivity index (χ2n) is 10.1. The van der Waals surface area contributed by atoms with Gasteiger partial charge in [-0.3, -0.25) is 14.3 Å². The maximum absolute atomic E-state index is 13.6. The highest BCUT2D eigenvalue weighted by atomic mass is 32.2. The van der Waals surface area contributed by atoms with Crippen LogP contribution in [0.4, 0.5) is 19.0 Å². The SMILES string of the molecule is CCS(=O)(=O)c1ccc(CNc2nc3cnc(-c4c(OC)ncnc4C4CC4)nc3n([C@H]3CC3C(F)(F)F)c2=O)nc1. The Balaban J connectivity index is 1.41.